The maximum Gasteiger partial charge on any atom is 0.243 e. The molecule has 3 heterocycles. The fraction of sp³-hybridized carbons (Fsp3) is 0.571. The van der Waals surface area contributed by atoms with Crippen molar-refractivity contribution in [2.75, 3.05) is 25.0 Å². The molecular formula is C14H20BrN5. The zero-order valence-electron chi connectivity index (χ0n) is 11.7. The average molecular weight is 338 g/mol. The fourth-order valence-electron chi connectivity index (χ4n) is 2.73. The second-order valence-electron chi connectivity index (χ2n) is 5.32. The number of fused-ring (bicyclic) bond motifs is 1. The van der Waals surface area contributed by atoms with Crippen LogP contribution < -0.4 is 5.32 Å². The van der Waals surface area contributed by atoms with Gasteiger partial charge in [-0.25, -0.2) is 4.52 Å². The van der Waals surface area contributed by atoms with E-state index in [1.54, 1.807) is 4.52 Å². The summed E-state index contributed by atoms with van der Waals surface area (Å²) in [5.41, 5.74) is 0.860. The van der Waals surface area contributed by atoms with Gasteiger partial charge < -0.3 is 10.2 Å². The van der Waals surface area contributed by atoms with Crippen LogP contribution in [0.4, 0.5) is 5.95 Å². The number of hydrogen-bond donors (Lipinski definition) is 1. The van der Waals surface area contributed by atoms with Crippen molar-refractivity contribution in [3.63, 3.8) is 0 Å². The van der Waals surface area contributed by atoms with Gasteiger partial charge in [0.25, 0.3) is 0 Å². The van der Waals surface area contributed by atoms with Gasteiger partial charge in [0.1, 0.15) is 0 Å². The van der Waals surface area contributed by atoms with E-state index in [9.17, 15) is 0 Å². The third kappa shape index (κ3) is 2.96. The Morgan fingerprint density at radius 3 is 2.90 bits per heavy atom. The Morgan fingerprint density at radius 1 is 1.40 bits per heavy atom. The van der Waals surface area contributed by atoms with Crippen LogP contribution >= 0.6 is 15.9 Å². The molecule has 0 radical (unpaired) electrons. The molecule has 20 heavy (non-hydrogen) atoms. The van der Waals surface area contributed by atoms with E-state index in [-0.39, 0.29) is 0 Å². The summed E-state index contributed by atoms with van der Waals surface area (Å²) in [6.07, 6.45) is 5.48. The molecule has 0 bridgehead atoms. The molecule has 3 rings (SSSR count). The fourth-order valence-corrected chi connectivity index (χ4v) is 3.16. The highest BCUT2D eigenvalue weighted by Gasteiger charge is 2.19. The van der Waals surface area contributed by atoms with Crippen LogP contribution in [0.25, 0.3) is 5.65 Å². The predicted molar refractivity (Wildman–Crippen MR) is 84.1 cm³/mol. The van der Waals surface area contributed by atoms with Crippen molar-refractivity contribution in [3.8, 4) is 0 Å². The zero-order valence-corrected chi connectivity index (χ0v) is 13.3. The Morgan fingerprint density at radius 2 is 2.20 bits per heavy atom. The SMILES string of the molecule is CCCN1CCC(Nc2nc3c(Br)cccn3n2)CC1. The molecule has 0 saturated carbocycles. The second-order valence-corrected chi connectivity index (χ2v) is 6.17. The molecule has 0 atom stereocenters. The number of piperidine rings is 1. The van der Waals surface area contributed by atoms with Crippen molar-refractivity contribution in [1.82, 2.24) is 19.5 Å². The van der Waals surface area contributed by atoms with E-state index in [0.29, 0.717) is 6.04 Å². The van der Waals surface area contributed by atoms with Crippen LogP contribution in [0, 0.1) is 0 Å². The van der Waals surface area contributed by atoms with E-state index in [0.717, 1.165) is 28.9 Å². The molecule has 0 amide bonds. The van der Waals surface area contributed by atoms with Crippen LogP contribution in [0.1, 0.15) is 26.2 Å². The van der Waals surface area contributed by atoms with Crippen LogP contribution in [0.2, 0.25) is 0 Å². The topological polar surface area (TPSA) is 45.5 Å². The first-order valence-electron chi connectivity index (χ1n) is 7.26. The van der Waals surface area contributed by atoms with Gasteiger partial charge in [0.2, 0.25) is 5.95 Å². The highest BCUT2D eigenvalue weighted by atomic mass is 79.9. The molecule has 2 aromatic heterocycles. The van der Waals surface area contributed by atoms with Crippen LogP contribution in [0.15, 0.2) is 22.8 Å². The number of anilines is 1. The molecule has 0 aromatic carbocycles. The van der Waals surface area contributed by atoms with Gasteiger partial charge in [-0.3, -0.25) is 0 Å². The minimum absolute atomic E-state index is 0.485. The first-order chi connectivity index (χ1) is 9.76. The van der Waals surface area contributed by atoms with Gasteiger partial charge in [0.05, 0.1) is 4.47 Å². The molecule has 108 valence electrons. The molecule has 0 aliphatic carbocycles. The third-order valence-corrected chi connectivity index (χ3v) is 4.39. The Hall–Kier alpha value is -1.14. The minimum Gasteiger partial charge on any atom is -0.350 e. The largest absolute Gasteiger partial charge is 0.350 e. The normalized spacial score (nSPS) is 17.7. The molecule has 0 unspecified atom stereocenters. The van der Waals surface area contributed by atoms with Gasteiger partial charge in [-0.1, -0.05) is 6.92 Å². The number of nitrogens with zero attached hydrogens (tertiary/aromatic N) is 4. The van der Waals surface area contributed by atoms with Crippen molar-refractivity contribution in [3.05, 3.63) is 22.8 Å². The smallest absolute Gasteiger partial charge is 0.243 e. The van der Waals surface area contributed by atoms with Gasteiger partial charge in [-0.05, 0) is 53.9 Å². The van der Waals surface area contributed by atoms with E-state index in [2.05, 4.69) is 43.2 Å². The van der Waals surface area contributed by atoms with Crippen molar-refractivity contribution in [2.45, 2.75) is 32.2 Å². The summed E-state index contributed by atoms with van der Waals surface area (Å²) in [5.74, 6) is 0.728. The molecule has 1 aliphatic rings. The van der Waals surface area contributed by atoms with Crippen molar-refractivity contribution in [1.29, 1.82) is 0 Å². The van der Waals surface area contributed by atoms with Crippen LogP contribution in [0.3, 0.4) is 0 Å². The van der Waals surface area contributed by atoms with E-state index >= 15 is 0 Å². The van der Waals surface area contributed by atoms with E-state index in [4.69, 9.17) is 0 Å². The maximum atomic E-state index is 4.54. The van der Waals surface area contributed by atoms with Crippen LogP contribution in [-0.2, 0) is 0 Å². The van der Waals surface area contributed by atoms with Gasteiger partial charge in [-0.15, -0.1) is 5.10 Å². The van der Waals surface area contributed by atoms with Gasteiger partial charge in [0.15, 0.2) is 5.65 Å². The summed E-state index contributed by atoms with van der Waals surface area (Å²) in [6.45, 7) is 5.79. The lowest BCUT2D eigenvalue weighted by molar-refractivity contribution is 0.219. The quantitative estimate of drug-likeness (QED) is 0.931. The molecule has 2 aromatic rings. The number of rotatable bonds is 4. The first-order valence-corrected chi connectivity index (χ1v) is 8.05. The van der Waals surface area contributed by atoms with Gasteiger partial charge in [-0.2, -0.15) is 4.98 Å². The highest BCUT2D eigenvalue weighted by molar-refractivity contribution is 9.10. The van der Waals surface area contributed by atoms with Gasteiger partial charge in [0, 0.05) is 25.3 Å². The Labute approximate surface area is 127 Å². The van der Waals surface area contributed by atoms with Crippen molar-refractivity contribution in [2.24, 2.45) is 0 Å². The van der Waals surface area contributed by atoms with E-state index < -0.39 is 0 Å². The molecule has 0 spiro atoms. The summed E-state index contributed by atoms with van der Waals surface area (Å²) in [5, 5.41) is 7.94. The first kappa shape index (κ1) is 13.8. The predicted octanol–water partition coefficient (Wildman–Crippen LogP) is 2.78. The Balaban J connectivity index is 1.64. The monoisotopic (exact) mass is 337 g/mol. The van der Waals surface area contributed by atoms with Crippen molar-refractivity contribution < 1.29 is 0 Å². The molecule has 1 fully saturated rings. The summed E-state index contributed by atoms with van der Waals surface area (Å²) in [4.78, 5) is 7.08. The lowest BCUT2D eigenvalue weighted by Gasteiger charge is -2.31. The highest BCUT2D eigenvalue weighted by Crippen LogP contribution is 2.19. The summed E-state index contributed by atoms with van der Waals surface area (Å²) in [6, 6.07) is 4.43. The summed E-state index contributed by atoms with van der Waals surface area (Å²) in [7, 11) is 0. The molecule has 1 N–H and O–H groups in total. The third-order valence-electron chi connectivity index (χ3n) is 3.78. The Bertz CT molecular complexity index is 574. The summed E-state index contributed by atoms with van der Waals surface area (Å²) < 4.78 is 2.77. The molecule has 6 heteroatoms. The molecule has 1 aliphatic heterocycles. The average Bonchev–Trinajstić information content (AvgIpc) is 2.85. The standard InChI is InChI=1S/C14H20BrN5/c1-2-7-19-9-5-11(6-10-19)16-14-17-13-12(15)4-3-8-20(13)18-14/h3-4,8,11H,2,5-7,9-10H2,1H3,(H,16,18). The lowest BCUT2D eigenvalue weighted by Crippen LogP contribution is -2.39. The second kappa shape index (κ2) is 6.10. The number of likely N-dealkylation sites (tertiary alicyclic amines) is 1. The molecule has 5 nitrogen and oxygen atoms in total. The summed E-state index contributed by atoms with van der Waals surface area (Å²) >= 11 is 3.50. The van der Waals surface area contributed by atoms with E-state index in [1.165, 1.54) is 26.1 Å². The maximum absolute atomic E-state index is 4.54. The number of halogens is 1. The van der Waals surface area contributed by atoms with Crippen LogP contribution in [-0.4, -0.2) is 45.2 Å². The zero-order chi connectivity index (χ0) is 13.9. The Kier molecular flexibility index (Phi) is 4.21. The molecular weight excluding hydrogens is 318 g/mol. The molecule has 1 saturated heterocycles. The number of nitrogens with one attached hydrogen (secondary N) is 1. The number of pyridine rings is 1. The van der Waals surface area contributed by atoms with Crippen LogP contribution in [0.5, 0.6) is 0 Å². The number of hydrogen-bond acceptors (Lipinski definition) is 4. The number of aromatic nitrogens is 3. The van der Waals surface area contributed by atoms with E-state index in [1.807, 2.05) is 18.3 Å². The van der Waals surface area contributed by atoms with Gasteiger partial charge >= 0.3 is 0 Å². The van der Waals surface area contributed by atoms with Crippen molar-refractivity contribution >= 4 is 27.5 Å². The minimum atomic E-state index is 0.485. The lowest BCUT2D eigenvalue weighted by atomic mass is 10.1.